The van der Waals surface area contributed by atoms with Crippen molar-refractivity contribution in [3.8, 4) is 5.69 Å². The van der Waals surface area contributed by atoms with Gasteiger partial charge in [-0.3, -0.25) is 14.9 Å². The number of nitrogens with zero attached hydrogens (tertiary/aromatic N) is 4. The molecule has 1 N–H and O–H groups in total. The van der Waals surface area contributed by atoms with Crippen molar-refractivity contribution in [3.63, 3.8) is 0 Å². The number of carbonyl (C=O) groups is 1. The van der Waals surface area contributed by atoms with Gasteiger partial charge in [0.15, 0.2) is 12.0 Å². The molecule has 1 unspecified atom stereocenters. The summed E-state index contributed by atoms with van der Waals surface area (Å²) in [5, 5.41) is 11.8. The highest BCUT2D eigenvalue weighted by atomic mass is 16.5. The van der Waals surface area contributed by atoms with Crippen LogP contribution in [0.4, 0.5) is 4.79 Å². The van der Waals surface area contributed by atoms with Crippen molar-refractivity contribution >= 4 is 11.8 Å². The van der Waals surface area contributed by atoms with Crippen LogP contribution in [0.2, 0.25) is 0 Å². The number of rotatable bonds is 8. The van der Waals surface area contributed by atoms with E-state index in [9.17, 15) is 4.79 Å². The SMILES string of the molecule is CCCCCCc1nnc2n1-c1ccccc1C(c1ccccc1)=NC2NC(=O)OCC. The number of para-hydroxylation sites is 1. The largest absolute Gasteiger partial charge is 0.450 e. The number of hydrogen-bond acceptors (Lipinski definition) is 5. The topological polar surface area (TPSA) is 81.4 Å². The normalized spacial score (nSPS) is 14.7. The number of aromatic nitrogens is 3. The third kappa shape index (κ3) is 4.56. The molecule has 0 spiro atoms. The van der Waals surface area contributed by atoms with Gasteiger partial charge in [0, 0.05) is 17.5 Å². The summed E-state index contributed by atoms with van der Waals surface area (Å²) in [6.07, 6.45) is 4.14. The minimum absolute atomic E-state index is 0.281. The molecule has 7 nitrogen and oxygen atoms in total. The third-order valence-corrected chi connectivity index (χ3v) is 5.49. The molecule has 0 saturated heterocycles. The second kappa shape index (κ2) is 10.2. The van der Waals surface area contributed by atoms with Crippen LogP contribution < -0.4 is 5.32 Å². The van der Waals surface area contributed by atoms with E-state index < -0.39 is 12.3 Å². The lowest BCUT2D eigenvalue weighted by atomic mass is 10.0. The molecule has 32 heavy (non-hydrogen) atoms. The molecule has 0 radical (unpaired) electrons. The van der Waals surface area contributed by atoms with Crippen LogP contribution in [-0.4, -0.2) is 33.2 Å². The third-order valence-electron chi connectivity index (χ3n) is 5.49. The fraction of sp³-hybridized carbons (Fsp3) is 0.360. The van der Waals surface area contributed by atoms with E-state index in [-0.39, 0.29) is 6.61 Å². The molecular formula is C25H29N5O2. The van der Waals surface area contributed by atoms with Gasteiger partial charge in [0.1, 0.15) is 5.82 Å². The second-order valence-electron chi connectivity index (χ2n) is 7.75. The van der Waals surface area contributed by atoms with Crippen LogP contribution in [0.15, 0.2) is 59.6 Å². The molecule has 1 aliphatic rings. The van der Waals surface area contributed by atoms with Crippen molar-refractivity contribution in [1.29, 1.82) is 0 Å². The molecule has 0 aliphatic carbocycles. The van der Waals surface area contributed by atoms with Crippen molar-refractivity contribution < 1.29 is 9.53 Å². The number of benzene rings is 2. The highest BCUT2D eigenvalue weighted by molar-refractivity contribution is 6.15. The van der Waals surface area contributed by atoms with Gasteiger partial charge >= 0.3 is 6.09 Å². The summed E-state index contributed by atoms with van der Waals surface area (Å²) >= 11 is 0. The summed E-state index contributed by atoms with van der Waals surface area (Å²) in [4.78, 5) is 17.3. The van der Waals surface area contributed by atoms with Crippen molar-refractivity contribution in [2.75, 3.05) is 6.61 Å². The number of nitrogens with one attached hydrogen (secondary N) is 1. The summed E-state index contributed by atoms with van der Waals surface area (Å²) in [6, 6.07) is 18.1. The van der Waals surface area contributed by atoms with E-state index >= 15 is 0 Å². The number of ether oxygens (including phenoxy) is 1. The first kappa shape index (κ1) is 21.7. The quantitative estimate of drug-likeness (QED) is 0.510. The number of aliphatic imine (C=N–C) groups is 1. The lowest BCUT2D eigenvalue weighted by Crippen LogP contribution is -2.30. The molecule has 0 saturated carbocycles. The van der Waals surface area contributed by atoms with Crippen LogP contribution in [0.3, 0.4) is 0 Å². The highest BCUT2D eigenvalue weighted by Crippen LogP contribution is 2.30. The van der Waals surface area contributed by atoms with Crippen molar-refractivity contribution in [2.45, 2.75) is 52.1 Å². The van der Waals surface area contributed by atoms with E-state index in [4.69, 9.17) is 9.73 Å². The molecule has 3 aromatic rings. The van der Waals surface area contributed by atoms with Crippen LogP contribution in [-0.2, 0) is 11.2 Å². The maximum absolute atomic E-state index is 12.3. The smallest absolute Gasteiger partial charge is 0.409 e. The Hall–Kier alpha value is -3.48. The summed E-state index contributed by atoms with van der Waals surface area (Å²) in [5.74, 6) is 1.46. The van der Waals surface area contributed by atoms with Gasteiger partial charge in [0.2, 0.25) is 0 Å². The van der Waals surface area contributed by atoms with E-state index in [1.54, 1.807) is 6.92 Å². The predicted molar refractivity (Wildman–Crippen MR) is 124 cm³/mol. The predicted octanol–water partition coefficient (Wildman–Crippen LogP) is 4.99. The van der Waals surface area contributed by atoms with Crippen molar-refractivity contribution in [1.82, 2.24) is 20.1 Å². The Kier molecular flexibility index (Phi) is 6.94. The Balaban J connectivity index is 1.82. The molecule has 1 amide bonds. The maximum atomic E-state index is 12.3. The molecule has 4 rings (SSSR count). The Morgan fingerprint density at radius 3 is 2.56 bits per heavy atom. The molecule has 1 atom stereocenters. The first-order valence-electron chi connectivity index (χ1n) is 11.3. The first-order chi connectivity index (χ1) is 15.7. The Morgan fingerprint density at radius 2 is 1.78 bits per heavy atom. The van der Waals surface area contributed by atoms with Gasteiger partial charge in [-0.2, -0.15) is 0 Å². The maximum Gasteiger partial charge on any atom is 0.409 e. The number of hydrogen-bond donors (Lipinski definition) is 1. The fourth-order valence-corrected chi connectivity index (χ4v) is 3.97. The van der Waals surface area contributed by atoms with Crippen molar-refractivity contribution in [3.05, 3.63) is 77.4 Å². The molecule has 0 bridgehead atoms. The average molecular weight is 432 g/mol. The molecule has 2 aromatic carbocycles. The van der Waals surface area contributed by atoms with E-state index in [0.29, 0.717) is 5.82 Å². The average Bonchev–Trinajstić information content (AvgIpc) is 3.18. The number of unbranched alkanes of at least 4 members (excludes halogenated alkanes) is 3. The van der Waals surface area contributed by atoms with Crippen molar-refractivity contribution in [2.24, 2.45) is 4.99 Å². The van der Waals surface area contributed by atoms with Gasteiger partial charge in [0.25, 0.3) is 0 Å². The number of carbonyl (C=O) groups excluding carboxylic acids is 1. The van der Waals surface area contributed by atoms with Crippen LogP contribution in [0.5, 0.6) is 0 Å². The second-order valence-corrected chi connectivity index (χ2v) is 7.75. The molecule has 2 heterocycles. The van der Waals surface area contributed by atoms with Gasteiger partial charge in [-0.1, -0.05) is 74.7 Å². The molecular weight excluding hydrogens is 402 g/mol. The molecule has 0 fully saturated rings. The Morgan fingerprint density at radius 1 is 1.00 bits per heavy atom. The Bertz CT molecular complexity index is 1090. The van der Waals surface area contributed by atoms with Gasteiger partial charge < -0.3 is 4.74 Å². The van der Waals surface area contributed by atoms with Crippen LogP contribution in [0.1, 0.15) is 68.5 Å². The fourth-order valence-electron chi connectivity index (χ4n) is 3.97. The lowest BCUT2D eigenvalue weighted by Gasteiger charge is -2.14. The summed E-state index contributed by atoms with van der Waals surface area (Å²) in [5.41, 5.74) is 3.71. The van der Waals surface area contributed by atoms with Crippen LogP contribution in [0, 0.1) is 0 Å². The number of fused-ring (bicyclic) bond motifs is 3. The summed E-state index contributed by atoms with van der Waals surface area (Å²) in [7, 11) is 0. The molecule has 1 aliphatic heterocycles. The Labute approximate surface area is 188 Å². The van der Waals surface area contributed by atoms with Gasteiger partial charge in [-0.15, -0.1) is 10.2 Å². The van der Waals surface area contributed by atoms with Crippen LogP contribution in [0.25, 0.3) is 5.69 Å². The first-order valence-corrected chi connectivity index (χ1v) is 11.3. The molecule has 1 aromatic heterocycles. The summed E-state index contributed by atoms with van der Waals surface area (Å²) < 4.78 is 7.19. The number of alkyl carbamates (subject to hydrolysis) is 1. The van der Waals surface area contributed by atoms with E-state index in [2.05, 4.69) is 39.1 Å². The standard InChI is InChI=1S/C25H29N5O2/c1-3-5-6-10-17-21-28-29-24-23(27-25(31)32-4-2)26-22(18-13-8-7-9-14-18)19-15-11-12-16-20(19)30(21)24/h7-9,11-16,23H,3-6,10,17H2,1-2H3,(H,27,31). The van der Waals surface area contributed by atoms with E-state index in [1.165, 1.54) is 12.8 Å². The minimum Gasteiger partial charge on any atom is -0.450 e. The molecule has 166 valence electrons. The van der Waals surface area contributed by atoms with Gasteiger partial charge in [-0.25, -0.2) is 4.79 Å². The van der Waals surface area contributed by atoms with Crippen LogP contribution >= 0.6 is 0 Å². The zero-order chi connectivity index (χ0) is 22.3. The lowest BCUT2D eigenvalue weighted by molar-refractivity contribution is 0.148. The monoisotopic (exact) mass is 431 g/mol. The van der Waals surface area contributed by atoms with Gasteiger partial charge in [-0.05, 0) is 19.4 Å². The van der Waals surface area contributed by atoms with E-state index in [0.717, 1.165) is 47.6 Å². The van der Waals surface area contributed by atoms with Gasteiger partial charge in [0.05, 0.1) is 18.0 Å². The highest BCUT2D eigenvalue weighted by Gasteiger charge is 2.30. The molecule has 7 heteroatoms. The number of amides is 1. The zero-order valence-electron chi connectivity index (χ0n) is 18.6. The zero-order valence-corrected chi connectivity index (χ0v) is 18.6. The number of aryl methyl sites for hydroxylation is 1. The summed E-state index contributed by atoms with van der Waals surface area (Å²) in [6.45, 7) is 4.26. The van der Waals surface area contributed by atoms with E-state index in [1.807, 2.05) is 42.5 Å². The minimum atomic E-state index is -0.714.